The van der Waals surface area contributed by atoms with Gasteiger partial charge in [-0.2, -0.15) is 4.98 Å². The fourth-order valence-electron chi connectivity index (χ4n) is 1.26. The Labute approximate surface area is 101 Å². The molecule has 6 heteroatoms. The summed E-state index contributed by atoms with van der Waals surface area (Å²) in [5.41, 5.74) is 5.05. The molecule has 0 fully saturated rings. The lowest BCUT2D eigenvalue weighted by atomic mass is 10.3. The average Bonchev–Trinajstić information content (AvgIpc) is 2.32. The van der Waals surface area contributed by atoms with Gasteiger partial charge in [-0.05, 0) is 18.9 Å². The largest absolute Gasteiger partial charge is 0.370 e. The van der Waals surface area contributed by atoms with Gasteiger partial charge in [-0.3, -0.25) is 4.79 Å². The lowest BCUT2D eigenvalue weighted by Gasteiger charge is -2.07. The molecular formula is C11H19N5O. The number of aromatic nitrogens is 2. The zero-order valence-corrected chi connectivity index (χ0v) is 10.1. The number of carbonyl (C=O) groups excluding carboxylic acids is 1. The zero-order chi connectivity index (χ0) is 12.5. The van der Waals surface area contributed by atoms with Crippen molar-refractivity contribution >= 4 is 17.7 Å². The first-order chi connectivity index (χ1) is 8.22. The summed E-state index contributed by atoms with van der Waals surface area (Å²) in [6.07, 6.45) is 3.82. The first-order valence-electron chi connectivity index (χ1n) is 5.81. The number of nitrogens with one attached hydrogen (secondary N) is 2. The third-order valence-electron chi connectivity index (χ3n) is 2.09. The Morgan fingerprint density at radius 1 is 1.41 bits per heavy atom. The van der Waals surface area contributed by atoms with Crippen molar-refractivity contribution in [2.45, 2.75) is 26.2 Å². The summed E-state index contributed by atoms with van der Waals surface area (Å²) in [7, 11) is 0. The molecule has 17 heavy (non-hydrogen) atoms. The lowest BCUT2D eigenvalue weighted by Crippen LogP contribution is -2.13. The highest BCUT2D eigenvalue weighted by Crippen LogP contribution is 2.05. The van der Waals surface area contributed by atoms with Crippen molar-refractivity contribution in [1.29, 1.82) is 0 Å². The fourth-order valence-corrected chi connectivity index (χ4v) is 1.26. The monoisotopic (exact) mass is 237 g/mol. The molecule has 1 heterocycles. The van der Waals surface area contributed by atoms with Crippen molar-refractivity contribution in [3.63, 3.8) is 0 Å². The molecule has 1 rings (SSSR count). The van der Waals surface area contributed by atoms with E-state index >= 15 is 0 Å². The quantitative estimate of drug-likeness (QED) is 0.586. The Hall–Kier alpha value is -1.85. The maximum Gasteiger partial charge on any atom is 0.224 e. The van der Waals surface area contributed by atoms with Crippen molar-refractivity contribution in [2.75, 3.05) is 23.7 Å². The Kier molecular flexibility index (Phi) is 5.77. The molecule has 1 amide bonds. The van der Waals surface area contributed by atoms with E-state index in [1.165, 1.54) is 0 Å². The van der Waals surface area contributed by atoms with Gasteiger partial charge in [-0.15, -0.1) is 0 Å². The lowest BCUT2D eigenvalue weighted by molar-refractivity contribution is -0.118. The topological polar surface area (TPSA) is 92.9 Å². The maximum absolute atomic E-state index is 10.5. The van der Waals surface area contributed by atoms with Gasteiger partial charge < -0.3 is 16.4 Å². The van der Waals surface area contributed by atoms with Crippen LogP contribution in [0.3, 0.4) is 0 Å². The Balaban J connectivity index is 2.34. The van der Waals surface area contributed by atoms with Crippen molar-refractivity contribution in [3.05, 3.63) is 12.3 Å². The van der Waals surface area contributed by atoms with Crippen molar-refractivity contribution in [3.8, 4) is 0 Å². The van der Waals surface area contributed by atoms with Crippen LogP contribution in [0.15, 0.2) is 12.3 Å². The summed E-state index contributed by atoms with van der Waals surface area (Å²) in [6.45, 7) is 3.61. The molecule has 0 spiro atoms. The normalized spacial score (nSPS) is 9.94. The predicted molar refractivity (Wildman–Crippen MR) is 67.7 cm³/mol. The van der Waals surface area contributed by atoms with Crippen LogP contribution >= 0.6 is 0 Å². The second-order valence-electron chi connectivity index (χ2n) is 3.69. The van der Waals surface area contributed by atoms with Crippen molar-refractivity contribution < 1.29 is 4.79 Å². The molecule has 0 radical (unpaired) electrons. The average molecular weight is 237 g/mol. The number of nitrogens with two attached hydrogens (primary N) is 1. The molecule has 4 N–H and O–H groups in total. The van der Waals surface area contributed by atoms with Crippen LogP contribution in [0.2, 0.25) is 0 Å². The highest BCUT2D eigenvalue weighted by atomic mass is 16.1. The van der Waals surface area contributed by atoms with Gasteiger partial charge in [0.05, 0.1) is 0 Å². The van der Waals surface area contributed by atoms with Gasteiger partial charge in [-0.25, -0.2) is 4.98 Å². The number of nitrogens with zero attached hydrogens (tertiary/aromatic N) is 2. The molecule has 0 aliphatic heterocycles. The highest BCUT2D eigenvalue weighted by Gasteiger charge is 1.98. The number of primary amides is 1. The molecule has 0 atom stereocenters. The number of hydrogen-bond acceptors (Lipinski definition) is 5. The number of anilines is 2. The third kappa shape index (κ3) is 5.70. The van der Waals surface area contributed by atoms with Crippen LogP contribution < -0.4 is 16.4 Å². The zero-order valence-electron chi connectivity index (χ0n) is 10.1. The third-order valence-corrected chi connectivity index (χ3v) is 2.09. The Morgan fingerprint density at radius 2 is 2.24 bits per heavy atom. The summed E-state index contributed by atoms with van der Waals surface area (Å²) < 4.78 is 0. The van der Waals surface area contributed by atoms with Gasteiger partial charge in [0.1, 0.15) is 5.82 Å². The van der Waals surface area contributed by atoms with Crippen molar-refractivity contribution in [1.82, 2.24) is 9.97 Å². The summed E-state index contributed by atoms with van der Waals surface area (Å²) in [5.74, 6) is 1.09. The SMILES string of the molecule is CCCNc1nccc(NCCCC(N)=O)n1. The highest BCUT2D eigenvalue weighted by molar-refractivity contribution is 5.73. The number of carbonyl (C=O) groups is 1. The van der Waals surface area contributed by atoms with Crippen LogP contribution in [-0.4, -0.2) is 29.0 Å². The van der Waals surface area contributed by atoms with Gasteiger partial charge in [0.15, 0.2) is 0 Å². The van der Waals surface area contributed by atoms with Crippen LogP contribution in [0.1, 0.15) is 26.2 Å². The second-order valence-corrected chi connectivity index (χ2v) is 3.69. The van der Waals surface area contributed by atoms with E-state index in [2.05, 4.69) is 27.5 Å². The minimum atomic E-state index is -0.278. The van der Waals surface area contributed by atoms with E-state index in [9.17, 15) is 4.79 Å². The molecule has 0 bridgehead atoms. The van der Waals surface area contributed by atoms with Gasteiger partial charge in [0, 0.05) is 25.7 Å². The number of hydrogen-bond donors (Lipinski definition) is 3. The van der Waals surface area contributed by atoms with E-state index in [1.807, 2.05) is 0 Å². The molecule has 0 aromatic carbocycles. The first-order valence-corrected chi connectivity index (χ1v) is 5.81. The smallest absolute Gasteiger partial charge is 0.224 e. The van der Waals surface area contributed by atoms with Crippen LogP contribution in [0.4, 0.5) is 11.8 Å². The van der Waals surface area contributed by atoms with Crippen LogP contribution in [-0.2, 0) is 4.79 Å². The molecule has 1 aromatic heterocycles. The summed E-state index contributed by atoms with van der Waals surface area (Å²) in [4.78, 5) is 18.9. The van der Waals surface area contributed by atoms with Gasteiger partial charge in [0.2, 0.25) is 11.9 Å². The van der Waals surface area contributed by atoms with E-state index in [0.29, 0.717) is 25.3 Å². The van der Waals surface area contributed by atoms with E-state index in [-0.39, 0.29) is 5.91 Å². The summed E-state index contributed by atoms with van der Waals surface area (Å²) in [6, 6.07) is 1.79. The number of rotatable bonds is 8. The molecule has 0 aliphatic carbocycles. The van der Waals surface area contributed by atoms with E-state index in [1.54, 1.807) is 12.3 Å². The summed E-state index contributed by atoms with van der Waals surface area (Å²) in [5, 5.41) is 6.22. The minimum absolute atomic E-state index is 0.278. The standard InChI is InChI=1S/C11H19N5O/c1-2-6-14-11-15-8-5-10(16-11)13-7-3-4-9(12)17/h5,8H,2-4,6-7H2,1H3,(H2,12,17)(H2,13,14,15,16). The maximum atomic E-state index is 10.5. The Morgan fingerprint density at radius 3 is 2.94 bits per heavy atom. The molecule has 0 unspecified atom stereocenters. The van der Waals surface area contributed by atoms with Crippen LogP contribution in [0, 0.1) is 0 Å². The van der Waals surface area contributed by atoms with E-state index < -0.39 is 0 Å². The number of amides is 1. The van der Waals surface area contributed by atoms with Crippen molar-refractivity contribution in [2.24, 2.45) is 5.73 Å². The first kappa shape index (κ1) is 13.2. The second kappa shape index (κ2) is 7.43. The van der Waals surface area contributed by atoms with E-state index in [4.69, 9.17) is 5.73 Å². The van der Waals surface area contributed by atoms with Gasteiger partial charge in [-0.1, -0.05) is 6.92 Å². The van der Waals surface area contributed by atoms with E-state index in [0.717, 1.165) is 18.8 Å². The van der Waals surface area contributed by atoms with Gasteiger partial charge in [0.25, 0.3) is 0 Å². The molecule has 6 nitrogen and oxygen atoms in total. The Bertz CT molecular complexity index is 355. The fraction of sp³-hybridized carbons (Fsp3) is 0.545. The predicted octanol–water partition coefficient (Wildman–Crippen LogP) is 0.976. The minimum Gasteiger partial charge on any atom is -0.370 e. The van der Waals surface area contributed by atoms with Crippen LogP contribution in [0.25, 0.3) is 0 Å². The van der Waals surface area contributed by atoms with Gasteiger partial charge >= 0.3 is 0 Å². The molecule has 0 aliphatic rings. The molecular weight excluding hydrogens is 218 g/mol. The molecule has 0 saturated carbocycles. The summed E-state index contributed by atoms with van der Waals surface area (Å²) >= 11 is 0. The van der Waals surface area contributed by atoms with Crippen LogP contribution in [0.5, 0.6) is 0 Å². The molecule has 1 aromatic rings. The molecule has 0 saturated heterocycles. The molecule has 94 valence electrons.